The van der Waals surface area contributed by atoms with Gasteiger partial charge in [-0.25, -0.2) is 4.98 Å². The van der Waals surface area contributed by atoms with Crippen LogP contribution in [0.3, 0.4) is 0 Å². The smallest absolute Gasteiger partial charge is 0.255 e. The third-order valence-corrected chi connectivity index (χ3v) is 6.73. The maximum Gasteiger partial charge on any atom is 0.255 e. The van der Waals surface area contributed by atoms with Crippen LogP contribution >= 0.6 is 22.9 Å². The number of rotatable bonds is 1. The predicted molar refractivity (Wildman–Crippen MR) is 105 cm³/mol. The number of nitrogens with zero attached hydrogens (tertiary/aromatic N) is 3. The quantitative estimate of drug-likeness (QED) is 0.719. The summed E-state index contributed by atoms with van der Waals surface area (Å²) in [6.45, 7) is 4.87. The molecule has 1 saturated heterocycles. The minimum Gasteiger partial charge on any atom is -0.338 e. The lowest BCUT2D eigenvalue weighted by molar-refractivity contribution is -0.125. The Bertz CT molecular complexity index is 1050. The second-order valence-electron chi connectivity index (χ2n) is 8.02. The van der Waals surface area contributed by atoms with Gasteiger partial charge >= 0.3 is 0 Å². The summed E-state index contributed by atoms with van der Waals surface area (Å²) in [6.07, 6.45) is 3.20. The number of benzene rings is 1. The predicted octanol–water partition coefficient (Wildman–Crippen LogP) is 4.23. The molecule has 1 aliphatic carbocycles. The second kappa shape index (κ2) is 6.15. The first kappa shape index (κ1) is 18.1. The van der Waals surface area contributed by atoms with Crippen molar-refractivity contribution in [1.82, 2.24) is 9.88 Å². The number of hydrogen-bond donors (Lipinski definition) is 0. The molecule has 2 aromatic rings. The lowest BCUT2D eigenvalue weighted by Crippen LogP contribution is -2.40. The molecule has 1 aliphatic heterocycles. The van der Waals surface area contributed by atoms with Crippen molar-refractivity contribution in [1.29, 1.82) is 5.26 Å². The number of allylic oxidation sites excluding steroid dienone is 1. The molecule has 0 saturated carbocycles. The number of aromatic nitrogens is 1. The van der Waals surface area contributed by atoms with E-state index in [0.717, 1.165) is 16.6 Å². The molecule has 138 valence electrons. The Kier molecular flexibility index (Phi) is 4.13. The molecular formula is C20H18ClN3O2S. The number of fused-ring (bicyclic) bond motifs is 1. The fourth-order valence-corrected chi connectivity index (χ4v) is 5.54. The van der Waals surface area contributed by atoms with Gasteiger partial charge in [0.05, 0.1) is 21.4 Å². The van der Waals surface area contributed by atoms with Crippen LogP contribution in [0, 0.1) is 22.2 Å². The van der Waals surface area contributed by atoms with Crippen LogP contribution in [-0.2, 0) is 4.79 Å². The Morgan fingerprint density at radius 2 is 2.19 bits per heavy atom. The summed E-state index contributed by atoms with van der Waals surface area (Å²) in [5, 5.41) is 9.37. The highest BCUT2D eigenvalue weighted by Gasteiger charge is 2.49. The lowest BCUT2D eigenvalue weighted by Gasteiger charge is -2.38. The number of hydrogen-bond acceptors (Lipinski definition) is 5. The zero-order valence-electron chi connectivity index (χ0n) is 15.1. The van der Waals surface area contributed by atoms with Gasteiger partial charge < -0.3 is 4.90 Å². The minimum absolute atomic E-state index is 0.0561. The minimum atomic E-state index is -0.593. The summed E-state index contributed by atoms with van der Waals surface area (Å²) >= 11 is 7.33. The van der Waals surface area contributed by atoms with Gasteiger partial charge in [-0.05, 0) is 25.0 Å². The average Bonchev–Trinajstić information content (AvgIpc) is 3.19. The highest BCUT2D eigenvalue weighted by Crippen LogP contribution is 2.48. The third kappa shape index (κ3) is 2.95. The lowest BCUT2D eigenvalue weighted by atomic mass is 9.64. The molecule has 0 N–H and O–H groups in total. The van der Waals surface area contributed by atoms with Gasteiger partial charge in [0, 0.05) is 23.9 Å². The van der Waals surface area contributed by atoms with Crippen molar-refractivity contribution in [3.63, 3.8) is 0 Å². The molecular weight excluding hydrogens is 382 g/mol. The summed E-state index contributed by atoms with van der Waals surface area (Å²) < 4.78 is 1.21. The van der Waals surface area contributed by atoms with E-state index in [1.54, 1.807) is 12.1 Å². The molecule has 5 nitrogen and oxygen atoms in total. The largest absolute Gasteiger partial charge is 0.338 e. The van der Waals surface area contributed by atoms with Crippen LogP contribution in [0.5, 0.6) is 0 Å². The highest BCUT2D eigenvalue weighted by atomic mass is 35.5. The van der Waals surface area contributed by atoms with Crippen LogP contribution in [0.4, 0.5) is 0 Å². The Morgan fingerprint density at radius 3 is 2.93 bits per heavy atom. The van der Waals surface area contributed by atoms with Gasteiger partial charge in [-0.3, -0.25) is 9.59 Å². The summed E-state index contributed by atoms with van der Waals surface area (Å²) in [7, 11) is 0. The second-order valence-corrected chi connectivity index (χ2v) is 9.60. The van der Waals surface area contributed by atoms with Gasteiger partial charge in [0.15, 0.2) is 10.3 Å². The first-order valence-electron chi connectivity index (χ1n) is 8.77. The van der Waals surface area contributed by atoms with Crippen LogP contribution in [-0.4, -0.2) is 34.7 Å². The van der Waals surface area contributed by atoms with Crippen LogP contribution < -0.4 is 0 Å². The van der Waals surface area contributed by atoms with E-state index in [1.807, 2.05) is 30.9 Å². The van der Waals surface area contributed by atoms with Crippen molar-refractivity contribution >= 4 is 44.8 Å². The summed E-state index contributed by atoms with van der Waals surface area (Å²) in [5.41, 5.74) is 0.629. The van der Waals surface area contributed by atoms with Gasteiger partial charge in [0.25, 0.3) is 5.91 Å². The van der Waals surface area contributed by atoms with E-state index < -0.39 is 5.41 Å². The monoisotopic (exact) mass is 399 g/mol. The number of carbonyl (C=O) groups excluding carboxylic acids is 2. The van der Waals surface area contributed by atoms with Crippen molar-refractivity contribution in [2.24, 2.45) is 10.8 Å². The van der Waals surface area contributed by atoms with Crippen molar-refractivity contribution in [3.8, 4) is 6.07 Å². The van der Waals surface area contributed by atoms with Gasteiger partial charge in [-0.15, -0.1) is 11.3 Å². The maximum absolute atomic E-state index is 13.2. The molecule has 2 aliphatic rings. The number of carbonyl (C=O) groups is 2. The van der Waals surface area contributed by atoms with E-state index in [4.69, 9.17) is 11.6 Å². The maximum atomic E-state index is 13.2. The molecule has 1 amide bonds. The molecule has 7 heteroatoms. The van der Waals surface area contributed by atoms with E-state index >= 15 is 0 Å². The molecule has 0 bridgehead atoms. The van der Waals surface area contributed by atoms with Crippen LogP contribution in [0.15, 0.2) is 29.8 Å². The van der Waals surface area contributed by atoms with E-state index in [1.165, 1.54) is 11.3 Å². The number of ketones is 1. The SMILES string of the molecule is CC1(C)C[C@]2(C=C(C#N)C1=O)CCN(C(=O)c1cccc3nc(Cl)sc13)C2. The number of amides is 1. The summed E-state index contributed by atoms with van der Waals surface area (Å²) in [5.74, 6) is -0.163. The fraction of sp³-hybridized carbons (Fsp3) is 0.400. The van der Waals surface area contributed by atoms with Crippen LogP contribution in [0.25, 0.3) is 10.2 Å². The Labute approximate surface area is 166 Å². The topological polar surface area (TPSA) is 74.1 Å². The van der Waals surface area contributed by atoms with E-state index in [9.17, 15) is 14.9 Å². The van der Waals surface area contributed by atoms with Crippen molar-refractivity contribution < 1.29 is 9.59 Å². The van der Waals surface area contributed by atoms with Crippen LogP contribution in [0.2, 0.25) is 4.47 Å². The Morgan fingerprint density at radius 1 is 1.41 bits per heavy atom. The van der Waals surface area contributed by atoms with Crippen molar-refractivity contribution in [2.75, 3.05) is 13.1 Å². The molecule has 1 aromatic carbocycles. The standard InChI is InChI=1S/C20H18ClN3O2S/c1-19(2)10-20(8-12(9-22)16(19)25)6-7-24(11-20)17(26)13-4-3-5-14-15(13)27-18(21)23-14/h3-5,8H,6-7,10-11H2,1-2H3/t20-/m1/s1. The number of halogens is 1. The molecule has 0 radical (unpaired) electrons. The summed E-state index contributed by atoms with van der Waals surface area (Å²) in [6, 6.07) is 7.51. The molecule has 0 unspecified atom stereocenters. The van der Waals surface area contributed by atoms with E-state index in [2.05, 4.69) is 11.1 Å². The van der Waals surface area contributed by atoms with E-state index in [-0.39, 0.29) is 22.7 Å². The molecule has 2 heterocycles. The zero-order chi connectivity index (χ0) is 19.4. The molecule has 1 spiro atoms. The first-order chi connectivity index (χ1) is 12.7. The number of thiazole rings is 1. The first-order valence-corrected chi connectivity index (χ1v) is 9.96. The molecule has 27 heavy (non-hydrogen) atoms. The Hall–Kier alpha value is -2.23. The van der Waals surface area contributed by atoms with Gasteiger partial charge in [0.2, 0.25) is 0 Å². The molecule has 4 rings (SSSR count). The van der Waals surface area contributed by atoms with Gasteiger partial charge in [-0.2, -0.15) is 5.26 Å². The zero-order valence-corrected chi connectivity index (χ0v) is 16.7. The highest BCUT2D eigenvalue weighted by molar-refractivity contribution is 7.22. The average molecular weight is 400 g/mol. The van der Waals surface area contributed by atoms with Crippen molar-refractivity contribution in [2.45, 2.75) is 26.7 Å². The van der Waals surface area contributed by atoms with Gasteiger partial charge in [0.1, 0.15) is 6.07 Å². The molecule has 1 fully saturated rings. The normalized spacial score (nSPS) is 24.3. The molecule has 1 aromatic heterocycles. The molecule has 1 atom stereocenters. The van der Waals surface area contributed by atoms with Crippen LogP contribution in [0.1, 0.15) is 37.0 Å². The fourth-order valence-electron chi connectivity index (χ4n) is 4.42. The van der Waals surface area contributed by atoms with Gasteiger partial charge in [-0.1, -0.05) is 37.6 Å². The Balaban J connectivity index is 1.66. The number of likely N-dealkylation sites (tertiary alicyclic amines) is 1. The number of nitriles is 1. The van der Waals surface area contributed by atoms with E-state index in [0.29, 0.717) is 29.5 Å². The third-order valence-electron chi connectivity index (χ3n) is 5.52. The summed E-state index contributed by atoms with van der Waals surface area (Å²) in [4.78, 5) is 31.7. The van der Waals surface area contributed by atoms with Crippen molar-refractivity contribution in [3.05, 3.63) is 39.9 Å². The number of Topliss-reactive ketones (excluding diaryl/α,β-unsaturated/α-hetero) is 1.